The summed E-state index contributed by atoms with van der Waals surface area (Å²) in [5.74, 6) is 0.00501. The molecule has 1 aliphatic rings. The van der Waals surface area contributed by atoms with Crippen molar-refractivity contribution >= 4 is 17.6 Å². The number of piperidine rings is 1. The van der Waals surface area contributed by atoms with Gasteiger partial charge in [-0.2, -0.15) is 0 Å². The Morgan fingerprint density at radius 1 is 1.15 bits per heavy atom. The Balaban J connectivity index is 1.80. The molecule has 7 nitrogen and oxygen atoms in total. The third-order valence-electron chi connectivity index (χ3n) is 4.89. The van der Waals surface area contributed by atoms with Crippen LogP contribution in [0.25, 0.3) is 0 Å². The highest BCUT2D eigenvalue weighted by atomic mass is 16.5. The number of ether oxygens (including phenoxy) is 1. The minimum atomic E-state index is -0.215. The molecule has 0 bridgehead atoms. The van der Waals surface area contributed by atoms with Crippen LogP contribution in [0.5, 0.6) is 0 Å². The van der Waals surface area contributed by atoms with Gasteiger partial charge in [0.2, 0.25) is 5.91 Å². The normalized spacial score (nSPS) is 15.8. The van der Waals surface area contributed by atoms with Gasteiger partial charge < -0.3 is 26.0 Å². The molecule has 0 unspecified atom stereocenters. The lowest BCUT2D eigenvalue weighted by Gasteiger charge is -2.37. The maximum atomic E-state index is 12.3. The first kappa shape index (κ1) is 21.2. The number of methoxy groups -OCH3 is 1. The van der Waals surface area contributed by atoms with E-state index in [2.05, 4.69) is 21.3 Å². The fourth-order valence-corrected chi connectivity index (χ4v) is 3.29. The summed E-state index contributed by atoms with van der Waals surface area (Å²) in [4.78, 5) is 24.0. The number of anilines is 1. The summed E-state index contributed by atoms with van der Waals surface area (Å²) in [6.45, 7) is 5.86. The number of nitrogens with one attached hydrogen (secondary N) is 4. The molecule has 0 saturated carbocycles. The van der Waals surface area contributed by atoms with E-state index in [1.54, 1.807) is 7.11 Å². The fraction of sp³-hybridized carbons (Fsp3) is 0.600. The van der Waals surface area contributed by atoms with Crippen LogP contribution < -0.4 is 21.3 Å². The number of carbonyl (C=O) groups excluding carboxylic acids is 2. The third-order valence-corrected chi connectivity index (χ3v) is 4.89. The maximum Gasteiger partial charge on any atom is 0.319 e. The fourth-order valence-electron chi connectivity index (χ4n) is 3.29. The molecule has 27 heavy (non-hydrogen) atoms. The van der Waals surface area contributed by atoms with Crippen LogP contribution in [0.2, 0.25) is 0 Å². The van der Waals surface area contributed by atoms with E-state index in [0.717, 1.165) is 37.9 Å². The Morgan fingerprint density at radius 2 is 1.85 bits per heavy atom. The molecule has 1 saturated heterocycles. The summed E-state index contributed by atoms with van der Waals surface area (Å²) < 4.78 is 5.39. The standard InChI is InChI=1S/C20H32N4O3/c1-3-10-22-19(26)24-17-6-4-16(5-7-17)13-18(25)23-14-20(15-27-2)8-11-21-12-9-20/h4-7,21H,3,8-15H2,1-2H3,(H,23,25)(H2,22,24,26). The Kier molecular flexibility index (Phi) is 8.54. The molecular formula is C20H32N4O3. The maximum absolute atomic E-state index is 12.3. The number of benzene rings is 1. The quantitative estimate of drug-likeness (QED) is 0.530. The number of hydrogen-bond donors (Lipinski definition) is 4. The third kappa shape index (κ3) is 7.19. The van der Waals surface area contributed by atoms with Crippen molar-refractivity contribution < 1.29 is 14.3 Å². The SMILES string of the molecule is CCCNC(=O)Nc1ccc(CC(=O)NCC2(COC)CCNCC2)cc1. The lowest BCUT2D eigenvalue weighted by Crippen LogP contribution is -2.47. The molecule has 3 amide bonds. The monoisotopic (exact) mass is 376 g/mol. The molecular weight excluding hydrogens is 344 g/mol. The van der Waals surface area contributed by atoms with E-state index in [0.29, 0.717) is 31.8 Å². The highest BCUT2D eigenvalue weighted by molar-refractivity contribution is 5.89. The summed E-state index contributed by atoms with van der Waals surface area (Å²) in [6, 6.07) is 7.14. The zero-order valence-electron chi connectivity index (χ0n) is 16.4. The van der Waals surface area contributed by atoms with E-state index in [4.69, 9.17) is 4.74 Å². The molecule has 1 fully saturated rings. The Bertz CT molecular complexity index is 592. The molecule has 2 rings (SSSR count). The number of amides is 3. The highest BCUT2D eigenvalue weighted by Crippen LogP contribution is 2.28. The first-order chi connectivity index (χ1) is 13.1. The second kappa shape index (κ2) is 10.9. The Hall–Kier alpha value is -2.12. The highest BCUT2D eigenvalue weighted by Gasteiger charge is 2.32. The summed E-state index contributed by atoms with van der Waals surface area (Å²) in [7, 11) is 1.71. The molecule has 4 N–H and O–H groups in total. The summed E-state index contributed by atoms with van der Waals surface area (Å²) in [6.07, 6.45) is 3.22. The predicted octanol–water partition coefficient (Wildman–Crippen LogP) is 1.89. The summed E-state index contributed by atoms with van der Waals surface area (Å²) in [5, 5.41) is 12.0. The molecule has 7 heteroatoms. The summed E-state index contributed by atoms with van der Waals surface area (Å²) in [5.41, 5.74) is 1.65. The molecule has 1 aromatic carbocycles. The van der Waals surface area contributed by atoms with Gasteiger partial charge in [-0.3, -0.25) is 4.79 Å². The smallest absolute Gasteiger partial charge is 0.319 e. The second-order valence-corrected chi connectivity index (χ2v) is 7.21. The number of hydrogen-bond acceptors (Lipinski definition) is 4. The van der Waals surface area contributed by atoms with Gasteiger partial charge in [-0.25, -0.2) is 4.79 Å². The number of rotatable bonds is 9. The van der Waals surface area contributed by atoms with Crippen LogP contribution in [-0.2, 0) is 16.0 Å². The lowest BCUT2D eigenvalue weighted by molar-refractivity contribution is -0.121. The van der Waals surface area contributed by atoms with Crippen LogP contribution in [0.3, 0.4) is 0 Å². The first-order valence-electron chi connectivity index (χ1n) is 9.67. The van der Waals surface area contributed by atoms with Crippen molar-refractivity contribution in [1.29, 1.82) is 0 Å². The minimum Gasteiger partial charge on any atom is -0.384 e. The van der Waals surface area contributed by atoms with E-state index in [1.165, 1.54) is 0 Å². The first-order valence-corrected chi connectivity index (χ1v) is 9.67. The van der Waals surface area contributed by atoms with Crippen molar-refractivity contribution in [2.45, 2.75) is 32.6 Å². The number of carbonyl (C=O) groups is 2. The van der Waals surface area contributed by atoms with Gasteiger partial charge in [-0.15, -0.1) is 0 Å². The van der Waals surface area contributed by atoms with E-state index < -0.39 is 0 Å². The second-order valence-electron chi connectivity index (χ2n) is 7.21. The van der Waals surface area contributed by atoms with Gasteiger partial charge in [0.1, 0.15) is 0 Å². The van der Waals surface area contributed by atoms with Crippen molar-refractivity contribution in [1.82, 2.24) is 16.0 Å². The topological polar surface area (TPSA) is 91.5 Å². The molecule has 1 heterocycles. The average Bonchev–Trinajstić information content (AvgIpc) is 2.67. The van der Waals surface area contributed by atoms with Gasteiger partial charge in [0.25, 0.3) is 0 Å². The molecule has 1 aromatic rings. The zero-order valence-corrected chi connectivity index (χ0v) is 16.4. The van der Waals surface area contributed by atoms with Gasteiger partial charge in [-0.05, 0) is 50.0 Å². The van der Waals surface area contributed by atoms with Crippen LogP contribution in [0.4, 0.5) is 10.5 Å². The van der Waals surface area contributed by atoms with Gasteiger partial charge in [0.05, 0.1) is 13.0 Å². The largest absolute Gasteiger partial charge is 0.384 e. The predicted molar refractivity (Wildman–Crippen MR) is 107 cm³/mol. The Morgan fingerprint density at radius 3 is 2.48 bits per heavy atom. The van der Waals surface area contributed by atoms with E-state index >= 15 is 0 Å². The van der Waals surface area contributed by atoms with Crippen molar-refractivity contribution in [2.24, 2.45) is 5.41 Å². The molecule has 0 aromatic heterocycles. The lowest BCUT2D eigenvalue weighted by atomic mass is 9.79. The van der Waals surface area contributed by atoms with Crippen molar-refractivity contribution in [2.75, 3.05) is 45.2 Å². The van der Waals surface area contributed by atoms with Crippen LogP contribution in [0.15, 0.2) is 24.3 Å². The van der Waals surface area contributed by atoms with Crippen molar-refractivity contribution in [3.8, 4) is 0 Å². The minimum absolute atomic E-state index is 0.00501. The van der Waals surface area contributed by atoms with Gasteiger partial charge in [-0.1, -0.05) is 19.1 Å². The molecule has 0 aliphatic carbocycles. The molecule has 0 atom stereocenters. The summed E-state index contributed by atoms with van der Waals surface area (Å²) >= 11 is 0. The van der Waals surface area contributed by atoms with Gasteiger partial charge in [0.15, 0.2) is 0 Å². The molecule has 0 spiro atoms. The molecule has 150 valence electrons. The van der Waals surface area contributed by atoms with Crippen molar-refractivity contribution in [3.63, 3.8) is 0 Å². The van der Waals surface area contributed by atoms with E-state index in [9.17, 15) is 9.59 Å². The van der Waals surface area contributed by atoms with Crippen LogP contribution in [-0.4, -0.2) is 51.8 Å². The Labute approximate surface area is 161 Å². The van der Waals surface area contributed by atoms with Crippen molar-refractivity contribution in [3.05, 3.63) is 29.8 Å². The van der Waals surface area contributed by atoms with Gasteiger partial charge in [0, 0.05) is 31.3 Å². The van der Waals surface area contributed by atoms with E-state index in [1.807, 2.05) is 31.2 Å². The van der Waals surface area contributed by atoms with Gasteiger partial charge >= 0.3 is 6.03 Å². The molecule has 1 aliphatic heterocycles. The number of urea groups is 1. The molecule has 0 radical (unpaired) electrons. The van der Waals surface area contributed by atoms with Crippen LogP contribution in [0, 0.1) is 5.41 Å². The average molecular weight is 377 g/mol. The van der Waals surface area contributed by atoms with E-state index in [-0.39, 0.29) is 17.4 Å². The van der Waals surface area contributed by atoms with Crippen LogP contribution in [0.1, 0.15) is 31.7 Å². The van der Waals surface area contributed by atoms with Crippen LogP contribution >= 0.6 is 0 Å². The zero-order chi connectivity index (χ0) is 19.5.